The van der Waals surface area contributed by atoms with Crippen molar-refractivity contribution in [2.24, 2.45) is 0 Å². The highest BCUT2D eigenvalue weighted by molar-refractivity contribution is 7.47. The molecule has 0 bridgehead atoms. The first-order valence-electron chi connectivity index (χ1n) is 19.7. The van der Waals surface area contributed by atoms with E-state index in [1.807, 2.05) is 21.1 Å². The van der Waals surface area contributed by atoms with Crippen LogP contribution in [0.5, 0.6) is 0 Å². The third-order valence-electron chi connectivity index (χ3n) is 8.68. The maximum Gasteiger partial charge on any atom is 0.472 e. The van der Waals surface area contributed by atoms with E-state index in [0.717, 1.165) is 70.6 Å². The van der Waals surface area contributed by atoms with Crippen molar-refractivity contribution in [2.75, 3.05) is 40.9 Å². The van der Waals surface area contributed by atoms with Crippen molar-refractivity contribution in [3.8, 4) is 0 Å². The van der Waals surface area contributed by atoms with E-state index < -0.39 is 20.0 Å². The van der Waals surface area contributed by atoms with E-state index in [-0.39, 0.29) is 19.1 Å². The van der Waals surface area contributed by atoms with Crippen molar-refractivity contribution in [1.29, 1.82) is 0 Å². The number of allylic oxidation sites excluding steroid dienone is 4. The number of hydrogen-bond acceptors (Lipinski definition) is 5. The van der Waals surface area contributed by atoms with Gasteiger partial charge in [-0.25, -0.2) is 4.57 Å². The van der Waals surface area contributed by atoms with E-state index in [4.69, 9.17) is 9.05 Å². The van der Waals surface area contributed by atoms with Gasteiger partial charge in [0.05, 0.1) is 39.9 Å². The third kappa shape index (κ3) is 33.5. The fourth-order valence-corrected chi connectivity index (χ4v) is 6.23. The number of phosphoric acid groups is 1. The average Bonchev–Trinajstić information content (AvgIpc) is 3.02. The predicted octanol–water partition coefficient (Wildman–Crippen LogP) is 10.2. The fourth-order valence-electron chi connectivity index (χ4n) is 5.49. The predicted molar refractivity (Wildman–Crippen MR) is 203 cm³/mol. The average molecular weight is 702 g/mol. The summed E-state index contributed by atoms with van der Waals surface area (Å²) in [5, 5.41) is 13.9. The first-order valence-corrected chi connectivity index (χ1v) is 21.2. The molecule has 0 aliphatic carbocycles. The van der Waals surface area contributed by atoms with Gasteiger partial charge in [-0.15, -0.1) is 0 Å². The van der Waals surface area contributed by atoms with Gasteiger partial charge in [-0.1, -0.05) is 147 Å². The molecule has 3 unspecified atom stereocenters. The van der Waals surface area contributed by atoms with Crippen LogP contribution in [0.1, 0.15) is 168 Å². The molecule has 3 N–H and O–H groups in total. The summed E-state index contributed by atoms with van der Waals surface area (Å²) in [6, 6.07) is -0.763. The number of carbonyl (C=O) groups is 1. The summed E-state index contributed by atoms with van der Waals surface area (Å²) in [5.41, 5.74) is 0. The van der Waals surface area contributed by atoms with Gasteiger partial charge in [0.15, 0.2) is 0 Å². The van der Waals surface area contributed by atoms with E-state index >= 15 is 0 Å². The zero-order valence-electron chi connectivity index (χ0n) is 32.0. The van der Waals surface area contributed by atoms with Crippen molar-refractivity contribution < 1.29 is 32.9 Å². The first-order chi connectivity index (χ1) is 23.0. The maximum absolute atomic E-state index is 12.8. The maximum atomic E-state index is 12.8. The normalized spacial score (nSPS) is 14.9. The lowest BCUT2D eigenvalue weighted by molar-refractivity contribution is -0.870. The van der Waals surface area contributed by atoms with Crippen LogP contribution in [-0.4, -0.2) is 73.4 Å². The molecule has 8 nitrogen and oxygen atoms in total. The Morgan fingerprint density at radius 1 is 0.708 bits per heavy atom. The number of quaternary nitrogens is 1. The van der Waals surface area contributed by atoms with Gasteiger partial charge in [-0.2, -0.15) is 0 Å². The van der Waals surface area contributed by atoms with Crippen LogP contribution in [0.3, 0.4) is 0 Å². The number of unbranched alkanes of at least 4 members (excludes halogenated alkanes) is 18. The smallest absolute Gasteiger partial charge is 0.391 e. The van der Waals surface area contributed by atoms with E-state index in [1.165, 1.54) is 70.6 Å². The Hall–Kier alpha value is -1.02. The lowest BCUT2D eigenvalue weighted by atomic mass is 10.0. The highest BCUT2D eigenvalue weighted by atomic mass is 31.2. The number of aliphatic hydroxyl groups excluding tert-OH is 1. The van der Waals surface area contributed by atoms with Crippen molar-refractivity contribution in [2.45, 2.75) is 180 Å². The minimum atomic E-state index is -4.31. The van der Waals surface area contributed by atoms with Gasteiger partial charge in [-0.3, -0.25) is 13.8 Å². The molecule has 48 heavy (non-hydrogen) atoms. The van der Waals surface area contributed by atoms with E-state index in [1.54, 1.807) is 0 Å². The van der Waals surface area contributed by atoms with Crippen LogP contribution in [0.15, 0.2) is 24.3 Å². The van der Waals surface area contributed by atoms with E-state index in [2.05, 4.69) is 43.5 Å². The van der Waals surface area contributed by atoms with Gasteiger partial charge in [0.25, 0.3) is 0 Å². The van der Waals surface area contributed by atoms with Crippen LogP contribution in [0.4, 0.5) is 0 Å². The monoisotopic (exact) mass is 702 g/mol. The van der Waals surface area contributed by atoms with Crippen LogP contribution < -0.4 is 5.32 Å². The second-order valence-corrected chi connectivity index (χ2v) is 16.1. The molecular weight excluding hydrogens is 623 g/mol. The van der Waals surface area contributed by atoms with Crippen LogP contribution in [-0.2, 0) is 18.4 Å². The first kappa shape index (κ1) is 47.0. The van der Waals surface area contributed by atoms with Gasteiger partial charge in [0.2, 0.25) is 5.91 Å². The van der Waals surface area contributed by atoms with Gasteiger partial charge < -0.3 is 19.8 Å². The van der Waals surface area contributed by atoms with Gasteiger partial charge in [0.1, 0.15) is 13.2 Å². The van der Waals surface area contributed by atoms with Crippen molar-refractivity contribution in [1.82, 2.24) is 5.32 Å². The van der Waals surface area contributed by atoms with Gasteiger partial charge in [-0.05, 0) is 38.5 Å². The summed E-state index contributed by atoms with van der Waals surface area (Å²) in [4.78, 5) is 23.0. The Bertz CT molecular complexity index is 845. The van der Waals surface area contributed by atoms with Crippen LogP contribution in [0.25, 0.3) is 0 Å². The topological polar surface area (TPSA) is 105 Å². The van der Waals surface area contributed by atoms with Crippen molar-refractivity contribution in [3.63, 3.8) is 0 Å². The molecule has 0 saturated heterocycles. The van der Waals surface area contributed by atoms with Crippen LogP contribution in [0, 0.1) is 0 Å². The summed E-state index contributed by atoms with van der Waals surface area (Å²) >= 11 is 0. The molecule has 0 aromatic carbocycles. The lowest BCUT2D eigenvalue weighted by Crippen LogP contribution is -2.46. The Labute approximate surface area is 296 Å². The van der Waals surface area contributed by atoms with Crippen molar-refractivity contribution in [3.05, 3.63) is 24.3 Å². The highest BCUT2D eigenvalue weighted by Crippen LogP contribution is 2.43. The molecule has 1 amide bonds. The number of phosphoric ester groups is 1. The second kappa shape index (κ2) is 31.9. The summed E-state index contributed by atoms with van der Waals surface area (Å²) in [7, 11) is 1.60. The number of nitrogens with one attached hydrogen (secondary N) is 1. The molecule has 0 spiro atoms. The number of hydrogen-bond donors (Lipinski definition) is 3. The zero-order chi connectivity index (χ0) is 35.8. The Kier molecular flexibility index (Phi) is 31.2. The number of nitrogens with zero attached hydrogens (tertiary/aromatic N) is 1. The van der Waals surface area contributed by atoms with E-state index in [0.29, 0.717) is 23.9 Å². The Balaban J connectivity index is 4.48. The standard InChI is InChI=1S/C39H77N2O6P/c1-6-8-10-12-14-16-18-20-22-24-26-28-30-32-38(42)37(36-47-48(44,45)46-35-34-41(3,4)5)40-39(43)33-31-29-27-25-23-21-19-17-15-13-11-9-7-2/h11,13,17,19,37-38,42H,6-10,12,14-16,18,20-36H2,1-5H3,(H-,40,43,44,45)/p+1/b13-11-,19-17-. The summed E-state index contributed by atoms with van der Waals surface area (Å²) in [6.45, 7) is 4.79. The number of amides is 1. The molecule has 0 fully saturated rings. The molecule has 0 aromatic heterocycles. The van der Waals surface area contributed by atoms with Crippen molar-refractivity contribution >= 4 is 13.7 Å². The molecule has 9 heteroatoms. The highest BCUT2D eigenvalue weighted by Gasteiger charge is 2.28. The fraction of sp³-hybridized carbons (Fsp3) is 0.872. The molecular formula is C39H78N2O6P+. The number of likely N-dealkylation sites (N-methyl/N-ethyl adjacent to an activating group) is 1. The molecule has 0 radical (unpaired) electrons. The van der Waals surface area contributed by atoms with Gasteiger partial charge in [0, 0.05) is 6.42 Å². The van der Waals surface area contributed by atoms with Crippen LogP contribution in [0.2, 0.25) is 0 Å². The molecule has 0 saturated carbocycles. The summed E-state index contributed by atoms with van der Waals surface area (Å²) in [6.07, 6.45) is 34.8. The third-order valence-corrected chi connectivity index (χ3v) is 9.67. The second-order valence-electron chi connectivity index (χ2n) is 14.7. The summed E-state index contributed by atoms with van der Waals surface area (Å²) < 4.78 is 23.5. The molecule has 0 aliphatic rings. The molecule has 0 aliphatic heterocycles. The molecule has 0 aromatic rings. The SMILES string of the molecule is CCC/C=C\C/C=C\CCCCCCCC(=O)NC(COP(=O)(O)OCC[N+](C)(C)C)C(O)CCCCCCCCCCCCCCC. The zero-order valence-corrected chi connectivity index (χ0v) is 32.9. The Morgan fingerprint density at radius 2 is 1.23 bits per heavy atom. The minimum absolute atomic E-state index is 0.0719. The minimum Gasteiger partial charge on any atom is -0.391 e. The largest absolute Gasteiger partial charge is 0.472 e. The quantitative estimate of drug-likeness (QED) is 0.0263. The number of aliphatic hydroxyl groups is 1. The lowest BCUT2D eigenvalue weighted by Gasteiger charge is -2.26. The number of carbonyl (C=O) groups excluding carboxylic acids is 1. The molecule has 0 rings (SSSR count). The Morgan fingerprint density at radius 3 is 1.79 bits per heavy atom. The molecule has 3 atom stereocenters. The van der Waals surface area contributed by atoms with Gasteiger partial charge >= 0.3 is 7.82 Å². The van der Waals surface area contributed by atoms with Crippen LogP contribution >= 0.6 is 7.82 Å². The van der Waals surface area contributed by atoms with E-state index in [9.17, 15) is 19.4 Å². The number of rotatable bonds is 35. The molecule has 284 valence electrons. The summed E-state index contributed by atoms with van der Waals surface area (Å²) in [5.74, 6) is -0.161. The molecule has 0 heterocycles.